The molecule has 1 N–H and O–H groups in total. The Labute approximate surface area is 78.2 Å². The van der Waals surface area contributed by atoms with Crippen molar-refractivity contribution >= 4 is 5.69 Å². The molecule has 0 aromatic carbocycles. The Balaban J connectivity index is 2.74. The van der Waals surface area contributed by atoms with Crippen molar-refractivity contribution in [3.8, 4) is 6.07 Å². The van der Waals surface area contributed by atoms with Gasteiger partial charge in [0.25, 0.3) is 0 Å². The third-order valence-corrected chi connectivity index (χ3v) is 1.91. The van der Waals surface area contributed by atoms with Crippen LogP contribution >= 0.6 is 0 Å². The average Bonchev–Trinajstić information content (AvgIpc) is 2.41. The van der Waals surface area contributed by atoms with Gasteiger partial charge in [0.2, 0.25) is 0 Å². The fourth-order valence-corrected chi connectivity index (χ4v) is 1.15. The van der Waals surface area contributed by atoms with E-state index in [9.17, 15) is 0 Å². The van der Waals surface area contributed by atoms with Crippen LogP contribution in [0.3, 0.4) is 0 Å². The summed E-state index contributed by atoms with van der Waals surface area (Å²) in [6.45, 7) is 3.90. The summed E-state index contributed by atoms with van der Waals surface area (Å²) in [7, 11) is 1.87. The molecule has 0 fully saturated rings. The van der Waals surface area contributed by atoms with Crippen molar-refractivity contribution in [2.75, 3.05) is 5.32 Å². The Morgan fingerprint density at radius 3 is 2.85 bits per heavy atom. The van der Waals surface area contributed by atoms with Crippen LogP contribution in [0.5, 0.6) is 0 Å². The first-order valence-corrected chi connectivity index (χ1v) is 4.33. The molecule has 0 bridgehead atoms. The van der Waals surface area contributed by atoms with Crippen LogP contribution in [0.2, 0.25) is 0 Å². The highest BCUT2D eigenvalue weighted by Crippen LogP contribution is 2.13. The van der Waals surface area contributed by atoms with E-state index in [4.69, 9.17) is 5.26 Å². The van der Waals surface area contributed by atoms with Crippen LogP contribution in [0.25, 0.3) is 0 Å². The highest BCUT2D eigenvalue weighted by molar-refractivity contribution is 5.47. The van der Waals surface area contributed by atoms with Crippen molar-refractivity contribution in [3.63, 3.8) is 0 Å². The Kier molecular flexibility index (Phi) is 2.91. The molecule has 0 radical (unpaired) electrons. The van der Waals surface area contributed by atoms with E-state index in [0.717, 1.165) is 17.8 Å². The third-order valence-electron chi connectivity index (χ3n) is 1.91. The predicted octanol–water partition coefficient (Wildman–Crippen LogP) is 1.44. The SMILES string of the molecule is CCC(C#N)Nc1cn(C)nc1C. The summed E-state index contributed by atoms with van der Waals surface area (Å²) in [4.78, 5) is 0. The summed E-state index contributed by atoms with van der Waals surface area (Å²) in [6, 6.07) is 2.07. The number of nitrogens with zero attached hydrogens (tertiary/aromatic N) is 3. The fraction of sp³-hybridized carbons (Fsp3) is 0.556. The van der Waals surface area contributed by atoms with Gasteiger partial charge in [-0.2, -0.15) is 10.4 Å². The van der Waals surface area contributed by atoms with Gasteiger partial charge in [-0.25, -0.2) is 0 Å². The smallest absolute Gasteiger partial charge is 0.114 e. The van der Waals surface area contributed by atoms with Gasteiger partial charge >= 0.3 is 0 Å². The molecule has 1 unspecified atom stereocenters. The van der Waals surface area contributed by atoms with Crippen molar-refractivity contribution in [1.29, 1.82) is 5.26 Å². The normalized spacial score (nSPS) is 12.2. The van der Waals surface area contributed by atoms with E-state index in [-0.39, 0.29) is 6.04 Å². The quantitative estimate of drug-likeness (QED) is 0.762. The molecule has 0 aliphatic heterocycles. The second-order valence-corrected chi connectivity index (χ2v) is 3.04. The summed E-state index contributed by atoms with van der Waals surface area (Å²) < 4.78 is 1.74. The van der Waals surface area contributed by atoms with Crippen molar-refractivity contribution < 1.29 is 0 Å². The molecule has 0 spiro atoms. The van der Waals surface area contributed by atoms with Gasteiger partial charge < -0.3 is 5.32 Å². The molecule has 70 valence electrons. The lowest BCUT2D eigenvalue weighted by atomic mass is 10.2. The number of aryl methyl sites for hydroxylation is 2. The minimum Gasteiger partial charge on any atom is -0.367 e. The minimum absolute atomic E-state index is 0.122. The molecule has 1 aromatic rings. The van der Waals surface area contributed by atoms with Gasteiger partial charge in [0.15, 0.2) is 0 Å². The molecular weight excluding hydrogens is 164 g/mol. The van der Waals surface area contributed by atoms with E-state index in [1.807, 2.05) is 27.1 Å². The molecule has 13 heavy (non-hydrogen) atoms. The maximum absolute atomic E-state index is 8.75. The lowest BCUT2D eigenvalue weighted by Gasteiger charge is -2.08. The Morgan fingerprint density at radius 1 is 1.77 bits per heavy atom. The van der Waals surface area contributed by atoms with Gasteiger partial charge in [-0.05, 0) is 13.3 Å². The highest BCUT2D eigenvalue weighted by Gasteiger charge is 2.07. The van der Waals surface area contributed by atoms with Gasteiger partial charge in [-0.1, -0.05) is 6.92 Å². The van der Waals surface area contributed by atoms with E-state index in [1.165, 1.54) is 0 Å². The molecule has 0 aliphatic carbocycles. The molecule has 0 amide bonds. The lowest BCUT2D eigenvalue weighted by Crippen LogP contribution is -2.15. The average molecular weight is 178 g/mol. The standard InChI is InChI=1S/C9H14N4/c1-4-8(5-10)11-9-6-13(3)12-7(9)2/h6,8,11H,4H2,1-3H3. The summed E-state index contributed by atoms with van der Waals surface area (Å²) in [5.74, 6) is 0. The van der Waals surface area contributed by atoms with Gasteiger partial charge in [-0.3, -0.25) is 4.68 Å². The maximum atomic E-state index is 8.75. The monoisotopic (exact) mass is 178 g/mol. The van der Waals surface area contributed by atoms with Crippen molar-refractivity contribution in [2.24, 2.45) is 7.05 Å². The number of nitriles is 1. The Morgan fingerprint density at radius 2 is 2.46 bits per heavy atom. The molecule has 0 aliphatic rings. The summed E-state index contributed by atoms with van der Waals surface area (Å²) >= 11 is 0. The van der Waals surface area contributed by atoms with E-state index in [0.29, 0.717) is 0 Å². The van der Waals surface area contributed by atoms with E-state index in [1.54, 1.807) is 4.68 Å². The van der Waals surface area contributed by atoms with Crippen LogP contribution in [0, 0.1) is 18.3 Å². The van der Waals surface area contributed by atoms with Crippen molar-refractivity contribution in [3.05, 3.63) is 11.9 Å². The summed E-state index contributed by atoms with van der Waals surface area (Å²) in [5.41, 5.74) is 1.87. The van der Waals surface area contributed by atoms with Crippen LogP contribution in [0.15, 0.2) is 6.20 Å². The summed E-state index contributed by atoms with van der Waals surface area (Å²) in [5, 5.41) is 16.0. The molecule has 1 heterocycles. The van der Waals surface area contributed by atoms with Gasteiger partial charge in [0, 0.05) is 13.2 Å². The predicted molar refractivity (Wildman–Crippen MR) is 51.3 cm³/mol. The van der Waals surface area contributed by atoms with E-state index >= 15 is 0 Å². The van der Waals surface area contributed by atoms with Gasteiger partial charge in [0.1, 0.15) is 6.04 Å². The second kappa shape index (κ2) is 3.94. The second-order valence-electron chi connectivity index (χ2n) is 3.04. The first kappa shape index (κ1) is 9.59. The molecule has 0 saturated heterocycles. The summed E-state index contributed by atoms with van der Waals surface area (Å²) in [6.07, 6.45) is 2.68. The van der Waals surface area contributed by atoms with Crippen LogP contribution in [0.4, 0.5) is 5.69 Å². The fourth-order valence-electron chi connectivity index (χ4n) is 1.15. The van der Waals surface area contributed by atoms with E-state index in [2.05, 4.69) is 16.5 Å². The van der Waals surface area contributed by atoms with Crippen LogP contribution < -0.4 is 5.32 Å². The molecular formula is C9H14N4. The molecule has 4 heteroatoms. The number of nitrogens with one attached hydrogen (secondary N) is 1. The van der Waals surface area contributed by atoms with Crippen LogP contribution in [0.1, 0.15) is 19.0 Å². The van der Waals surface area contributed by atoms with Crippen LogP contribution in [-0.2, 0) is 7.05 Å². The van der Waals surface area contributed by atoms with Gasteiger partial charge in [-0.15, -0.1) is 0 Å². The molecule has 1 aromatic heterocycles. The van der Waals surface area contributed by atoms with Crippen molar-refractivity contribution in [2.45, 2.75) is 26.3 Å². The van der Waals surface area contributed by atoms with Gasteiger partial charge in [0.05, 0.1) is 17.5 Å². The highest BCUT2D eigenvalue weighted by atomic mass is 15.3. The first-order chi connectivity index (χ1) is 6.17. The largest absolute Gasteiger partial charge is 0.367 e. The third kappa shape index (κ3) is 2.22. The first-order valence-electron chi connectivity index (χ1n) is 4.33. The zero-order chi connectivity index (χ0) is 9.84. The number of aromatic nitrogens is 2. The molecule has 0 saturated carbocycles. The molecule has 1 rings (SSSR count). The van der Waals surface area contributed by atoms with Crippen LogP contribution in [-0.4, -0.2) is 15.8 Å². The number of anilines is 1. The maximum Gasteiger partial charge on any atom is 0.114 e. The Hall–Kier alpha value is -1.50. The molecule has 1 atom stereocenters. The Bertz CT molecular complexity index is 321. The number of hydrogen-bond donors (Lipinski definition) is 1. The topological polar surface area (TPSA) is 53.6 Å². The lowest BCUT2D eigenvalue weighted by molar-refractivity contribution is 0.756. The minimum atomic E-state index is -0.122. The zero-order valence-corrected chi connectivity index (χ0v) is 8.20. The molecule has 4 nitrogen and oxygen atoms in total. The number of rotatable bonds is 3. The van der Waals surface area contributed by atoms with E-state index < -0.39 is 0 Å². The number of hydrogen-bond acceptors (Lipinski definition) is 3. The zero-order valence-electron chi connectivity index (χ0n) is 8.20. The van der Waals surface area contributed by atoms with Crippen molar-refractivity contribution in [1.82, 2.24) is 9.78 Å².